The lowest BCUT2D eigenvalue weighted by molar-refractivity contribution is 0.0925. The number of pyridine rings is 1. The minimum Gasteiger partial charge on any atom is -0.486 e. The molecule has 5 rings (SSSR count). The zero-order valence-corrected chi connectivity index (χ0v) is 20.1. The number of nitrogens with zero attached hydrogens (tertiary/aromatic N) is 1. The number of aromatic nitrogens is 1. The van der Waals surface area contributed by atoms with Crippen LogP contribution in [0.4, 0.5) is 0 Å². The van der Waals surface area contributed by atoms with Crippen LogP contribution in [0.3, 0.4) is 0 Å². The zero-order valence-electron chi connectivity index (χ0n) is 19.3. The smallest absolute Gasteiger partial charge is 0.252 e. The number of aryl methyl sites for hydroxylation is 2. The highest BCUT2D eigenvalue weighted by Crippen LogP contribution is 2.34. The summed E-state index contributed by atoms with van der Waals surface area (Å²) in [7, 11) is -3.94. The Morgan fingerprint density at radius 1 is 1.00 bits per heavy atom. The summed E-state index contributed by atoms with van der Waals surface area (Å²) in [6, 6.07) is 10.3. The van der Waals surface area contributed by atoms with Crippen LogP contribution in [0.25, 0.3) is 10.9 Å². The van der Waals surface area contributed by atoms with Crippen molar-refractivity contribution in [2.75, 3.05) is 26.4 Å². The van der Waals surface area contributed by atoms with Crippen LogP contribution in [0.15, 0.2) is 46.1 Å². The van der Waals surface area contributed by atoms with Crippen LogP contribution in [0.5, 0.6) is 11.5 Å². The van der Waals surface area contributed by atoms with Gasteiger partial charge in [-0.15, -0.1) is 0 Å². The van der Waals surface area contributed by atoms with Crippen LogP contribution in [0.2, 0.25) is 0 Å². The summed E-state index contributed by atoms with van der Waals surface area (Å²) in [6.07, 6.45) is 1.45. The van der Waals surface area contributed by atoms with Crippen molar-refractivity contribution in [3.8, 4) is 11.5 Å². The second-order valence-corrected chi connectivity index (χ2v) is 10.8. The van der Waals surface area contributed by atoms with Crippen LogP contribution in [0, 0.1) is 13.8 Å². The minimum absolute atomic E-state index is 0.0607. The Labute approximate surface area is 198 Å². The van der Waals surface area contributed by atoms with Gasteiger partial charge >= 0.3 is 0 Å². The number of sulfonamides is 1. The first-order valence-corrected chi connectivity index (χ1v) is 12.9. The SMILES string of the molecule is Cc1cc2cc(CN(CC3CCCO3)S(=O)(=O)c3ccc4c(c3)OCCO4)c(=O)[nH]c2cc1C. The molecule has 0 spiro atoms. The molecule has 1 fully saturated rings. The second kappa shape index (κ2) is 9.05. The van der Waals surface area contributed by atoms with Gasteiger partial charge in [0, 0.05) is 36.8 Å². The molecule has 2 aromatic carbocycles. The summed E-state index contributed by atoms with van der Waals surface area (Å²) < 4.78 is 45.7. The van der Waals surface area contributed by atoms with E-state index in [9.17, 15) is 13.2 Å². The third-order valence-electron chi connectivity index (χ3n) is 6.46. The highest BCUT2D eigenvalue weighted by atomic mass is 32.2. The normalized spacial score (nSPS) is 18.0. The molecule has 2 aliphatic heterocycles. The lowest BCUT2D eigenvalue weighted by Gasteiger charge is -2.26. The number of rotatable bonds is 6. The van der Waals surface area contributed by atoms with Crippen molar-refractivity contribution in [3.63, 3.8) is 0 Å². The van der Waals surface area contributed by atoms with Crippen LogP contribution in [-0.2, 0) is 21.3 Å². The fraction of sp³-hybridized carbons (Fsp3) is 0.400. The highest BCUT2D eigenvalue weighted by Gasteiger charge is 2.31. The van der Waals surface area contributed by atoms with E-state index in [-0.39, 0.29) is 29.6 Å². The molecule has 1 N–H and O–H groups in total. The minimum atomic E-state index is -3.94. The van der Waals surface area contributed by atoms with E-state index >= 15 is 0 Å². The summed E-state index contributed by atoms with van der Waals surface area (Å²) in [5.74, 6) is 0.923. The van der Waals surface area contributed by atoms with Gasteiger partial charge < -0.3 is 19.2 Å². The molecule has 180 valence electrons. The van der Waals surface area contributed by atoms with Gasteiger partial charge in [0.1, 0.15) is 13.2 Å². The molecule has 1 aromatic heterocycles. The molecular formula is C25H28N2O6S. The molecular weight excluding hydrogens is 456 g/mol. The lowest BCUT2D eigenvalue weighted by atomic mass is 10.0. The van der Waals surface area contributed by atoms with Crippen LogP contribution in [0.1, 0.15) is 29.5 Å². The number of benzene rings is 2. The van der Waals surface area contributed by atoms with Crippen molar-refractivity contribution in [2.24, 2.45) is 0 Å². The van der Waals surface area contributed by atoms with Crippen molar-refractivity contribution >= 4 is 20.9 Å². The van der Waals surface area contributed by atoms with Gasteiger partial charge in [-0.2, -0.15) is 4.31 Å². The fourth-order valence-corrected chi connectivity index (χ4v) is 5.89. The van der Waals surface area contributed by atoms with E-state index in [2.05, 4.69) is 4.98 Å². The molecule has 0 saturated carbocycles. The van der Waals surface area contributed by atoms with Gasteiger partial charge in [-0.1, -0.05) is 0 Å². The maximum Gasteiger partial charge on any atom is 0.252 e. The van der Waals surface area contributed by atoms with Crippen molar-refractivity contribution < 1.29 is 22.6 Å². The first kappa shape index (κ1) is 22.9. The van der Waals surface area contributed by atoms with Gasteiger partial charge in [-0.05, 0) is 73.5 Å². The predicted octanol–water partition coefficient (Wildman–Crippen LogP) is 3.29. The first-order chi connectivity index (χ1) is 16.3. The number of fused-ring (bicyclic) bond motifs is 2. The largest absolute Gasteiger partial charge is 0.486 e. The molecule has 34 heavy (non-hydrogen) atoms. The molecule has 1 saturated heterocycles. The van der Waals surface area contributed by atoms with Crippen LogP contribution in [-0.4, -0.2) is 50.2 Å². The Bertz CT molecular complexity index is 1390. The molecule has 3 aromatic rings. The molecule has 0 radical (unpaired) electrons. The first-order valence-electron chi connectivity index (χ1n) is 11.5. The van der Waals surface area contributed by atoms with E-state index in [1.165, 1.54) is 16.4 Å². The van der Waals surface area contributed by atoms with Gasteiger partial charge in [-0.25, -0.2) is 8.42 Å². The van der Waals surface area contributed by atoms with E-state index in [4.69, 9.17) is 14.2 Å². The van der Waals surface area contributed by atoms with Crippen LogP contribution >= 0.6 is 0 Å². The molecule has 2 aliphatic rings. The van der Waals surface area contributed by atoms with Gasteiger partial charge in [0.15, 0.2) is 11.5 Å². The fourth-order valence-electron chi connectivity index (χ4n) is 4.43. The van der Waals surface area contributed by atoms with Gasteiger partial charge in [0.2, 0.25) is 10.0 Å². The van der Waals surface area contributed by atoms with Crippen molar-refractivity contribution in [2.45, 2.75) is 44.2 Å². The van der Waals surface area contributed by atoms with E-state index in [0.717, 1.165) is 34.9 Å². The Morgan fingerprint density at radius 2 is 1.76 bits per heavy atom. The van der Waals surface area contributed by atoms with Gasteiger partial charge in [-0.3, -0.25) is 4.79 Å². The topological polar surface area (TPSA) is 97.9 Å². The summed E-state index contributed by atoms with van der Waals surface area (Å²) in [4.78, 5) is 15.9. The second-order valence-electron chi connectivity index (χ2n) is 8.89. The Kier molecular flexibility index (Phi) is 6.09. The maximum absolute atomic E-state index is 13.7. The third kappa shape index (κ3) is 4.43. The molecule has 9 heteroatoms. The number of H-pyrrole nitrogens is 1. The Morgan fingerprint density at radius 3 is 2.53 bits per heavy atom. The lowest BCUT2D eigenvalue weighted by Crippen LogP contribution is -2.38. The molecule has 0 bridgehead atoms. The number of aromatic amines is 1. The van der Waals surface area contributed by atoms with E-state index in [0.29, 0.717) is 36.9 Å². The van der Waals surface area contributed by atoms with Gasteiger partial charge in [0.05, 0.1) is 11.0 Å². The predicted molar refractivity (Wildman–Crippen MR) is 128 cm³/mol. The van der Waals surface area contributed by atoms with E-state index in [1.807, 2.05) is 26.0 Å². The maximum atomic E-state index is 13.7. The van der Waals surface area contributed by atoms with Gasteiger partial charge in [0.25, 0.3) is 5.56 Å². The average molecular weight is 485 g/mol. The highest BCUT2D eigenvalue weighted by molar-refractivity contribution is 7.89. The standard InChI is InChI=1S/C25H28N2O6S/c1-16-10-18-12-19(25(28)26-22(18)11-17(16)2)14-27(15-20-4-3-7-31-20)34(29,30)21-5-6-23-24(13-21)33-9-8-32-23/h5-6,10-13,20H,3-4,7-9,14-15H2,1-2H3,(H,26,28). The number of hydrogen-bond acceptors (Lipinski definition) is 6. The number of ether oxygens (including phenoxy) is 3. The Balaban J connectivity index is 1.53. The summed E-state index contributed by atoms with van der Waals surface area (Å²) in [5, 5.41) is 0.867. The molecule has 0 aliphatic carbocycles. The van der Waals surface area contributed by atoms with E-state index < -0.39 is 10.0 Å². The van der Waals surface area contributed by atoms with Crippen molar-refractivity contribution in [1.29, 1.82) is 0 Å². The molecule has 3 heterocycles. The summed E-state index contributed by atoms with van der Waals surface area (Å²) >= 11 is 0. The van der Waals surface area contributed by atoms with Crippen molar-refractivity contribution in [1.82, 2.24) is 9.29 Å². The van der Waals surface area contributed by atoms with Crippen LogP contribution < -0.4 is 15.0 Å². The number of hydrogen-bond donors (Lipinski definition) is 1. The third-order valence-corrected chi connectivity index (χ3v) is 8.27. The van der Waals surface area contributed by atoms with E-state index in [1.54, 1.807) is 12.1 Å². The average Bonchev–Trinajstić information content (AvgIpc) is 3.33. The quantitative estimate of drug-likeness (QED) is 0.577. The van der Waals surface area contributed by atoms with Crippen molar-refractivity contribution in [3.05, 3.63) is 63.4 Å². The zero-order chi connectivity index (χ0) is 23.9. The Hall–Kier alpha value is -2.88. The molecule has 8 nitrogen and oxygen atoms in total. The summed E-state index contributed by atoms with van der Waals surface area (Å²) in [5.41, 5.74) is 3.00. The summed E-state index contributed by atoms with van der Waals surface area (Å²) in [6.45, 7) is 5.50. The molecule has 1 unspecified atom stereocenters. The monoisotopic (exact) mass is 484 g/mol. The number of nitrogens with one attached hydrogen (secondary N) is 1. The molecule has 0 amide bonds. The molecule has 1 atom stereocenters.